The minimum Gasteiger partial charge on any atom is -0.0622 e. The van der Waals surface area contributed by atoms with Gasteiger partial charge < -0.3 is 0 Å². The van der Waals surface area contributed by atoms with Gasteiger partial charge in [0.25, 0.3) is 0 Å². The van der Waals surface area contributed by atoms with E-state index in [2.05, 4.69) is 218 Å². The highest BCUT2D eigenvalue weighted by Gasteiger charge is 2.27. The van der Waals surface area contributed by atoms with Crippen LogP contribution in [0.4, 0.5) is 0 Å². The fourth-order valence-corrected chi connectivity index (χ4v) is 11.2. The fourth-order valence-electron chi connectivity index (χ4n) is 11.2. The molecule has 0 aliphatic heterocycles. The molecule has 0 aromatic heterocycles. The third kappa shape index (κ3) is 4.67. The molecule has 0 saturated carbocycles. The van der Waals surface area contributed by atoms with Gasteiger partial charge in [-0.25, -0.2) is 0 Å². The van der Waals surface area contributed by atoms with E-state index in [1.807, 2.05) is 0 Å². The minimum atomic E-state index is 1.23. The number of rotatable bonds is 4. The molecule has 0 fully saturated rings. The lowest BCUT2D eigenvalue weighted by Crippen LogP contribution is -1.91. The quantitative estimate of drug-likeness (QED) is 0.156. The molecule has 14 aromatic carbocycles. The second-order valence-corrected chi connectivity index (χ2v) is 17.1. The van der Waals surface area contributed by atoms with Gasteiger partial charge in [-0.3, -0.25) is 0 Å². The molecule has 0 atom stereocenters. The maximum atomic E-state index is 2.52. The maximum Gasteiger partial charge on any atom is -0.000719 e. The third-order valence-electron chi connectivity index (χ3n) is 13.9. The van der Waals surface area contributed by atoms with Crippen molar-refractivity contribution in [1.82, 2.24) is 0 Å². The van der Waals surface area contributed by atoms with E-state index < -0.39 is 0 Å². The van der Waals surface area contributed by atoms with Crippen molar-refractivity contribution in [3.8, 4) is 44.5 Å². The molecule has 14 rings (SSSR count). The Morgan fingerprint density at radius 1 is 0.177 bits per heavy atom. The first kappa shape index (κ1) is 33.7. The molecule has 62 heavy (non-hydrogen) atoms. The van der Waals surface area contributed by atoms with Gasteiger partial charge in [-0.2, -0.15) is 0 Å². The predicted molar refractivity (Wildman–Crippen MR) is 268 cm³/mol. The third-order valence-corrected chi connectivity index (χ3v) is 13.9. The Bertz CT molecular complexity index is 4120. The summed E-state index contributed by atoms with van der Waals surface area (Å²) in [5.74, 6) is 0. The van der Waals surface area contributed by atoms with Crippen LogP contribution in [0, 0.1) is 0 Å². The van der Waals surface area contributed by atoms with Crippen molar-refractivity contribution >= 4 is 97.0 Å². The van der Waals surface area contributed by atoms with Gasteiger partial charge in [-0.15, -0.1) is 0 Å². The van der Waals surface area contributed by atoms with Crippen LogP contribution in [-0.4, -0.2) is 0 Å². The lowest BCUT2D eigenvalue weighted by atomic mass is 9.84. The molecule has 14 aromatic rings. The first-order chi connectivity index (χ1) is 30.8. The maximum absolute atomic E-state index is 2.52. The van der Waals surface area contributed by atoms with E-state index in [0.29, 0.717) is 0 Å². The highest BCUT2D eigenvalue weighted by atomic mass is 14.3. The summed E-state index contributed by atoms with van der Waals surface area (Å²) in [5, 5.41) is 23.5. The van der Waals surface area contributed by atoms with Crippen molar-refractivity contribution in [3.05, 3.63) is 218 Å². The molecule has 0 unspecified atom stereocenters. The molecule has 0 saturated heterocycles. The lowest BCUT2D eigenvalue weighted by Gasteiger charge is -2.19. The summed E-state index contributed by atoms with van der Waals surface area (Å²) in [7, 11) is 0. The summed E-state index contributed by atoms with van der Waals surface area (Å²) in [6, 6.07) is 81.8. The molecular formula is C62H36. The number of hydrogen-bond acceptors (Lipinski definition) is 0. The molecule has 0 heterocycles. The highest BCUT2D eigenvalue weighted by molar-refractivity contribution is 6.45. The van der Waals surface area contributed by atoms with E-state index in [-0.39, 0.29) is 0 Å². The van der Waals surface area contributed by atoms with Crippen molar-refractivity contribution < 1.29 is 0 Å². The van der Waals surface area contributed by atoms with Crippen LogP contribution in [-0.2, 0) is 0 Å². The topological polar surface area (TPSA) is 0 Å². The number of benzene rings is 12. The summed E-state index contributed by atoms with van der Waals surface area (Å²) in [4.78, 5) is 0. The molecule has 0 radical (unpaired) electrons. The van der Waals surface area contributed by atoms with Crippen LogP contribution in [0.25, 0.3) is 141 Å². The van der Waals surface area contributed by atoms with Gasteiger partial charge in [-0.05, 0) is 166 Å². The van der Waals surface area contributed by atoms with Crippen LogP contribution in [0.15, 0.2) is 218 Å². The van der Waals surface area contributed by atoms with Crippen LogP contribution >= 0.6 is 0 Å². The first-order valence-corrected chi connectivity index (χ1v) is 21.7. The van der Waals surface area contributed by atoms with Gasteiger partial charge in [-0.1, -0.05) is 194 Å². The van der Waals surface area contributed by atoms with Crippen molar-refractivity contribution in [2.24, 2.45) is 0 Å². The molecule has 0 aliphatic rings. The van der Waals surface area contributed by atoms with E-state index >= 15 is 0 Å². The zero-order valence-electron chi connectivity index (χ0n) is 33.8. The van der Waals surface area contributed by atoms with E-state index in [9.17, 15) is 0 Å². The highest BCUT2D eigenvalue weighted by Crippen LogP contribution is 2.55. The van der Waals surface area contributed by atoms with Crippen LogP contribution < -0.4 is 0 Å². The molecule has 0 aliphatic carbocycles. The molecule has 284 valence electrons. The molecule has 0 N–H and O–H groups in total. The van der Waals surface area contributed by atoms with E-state index in [1.165, 1.54) is 141 Å². The number of hydrogen-bond donors (Lipinski definition) is 0. The molecule has 0 bridgehead atoms. The van der Waals surface area contributed by atoms with Crippen LogP contribution in [0.3, 0.4) is 0 Å². The predicted octanol–water partition coefficient (Wildman–Crippen LogP) is 17.6. The Morgan fingerprint density at radius 3 is 1.37 bits per heavy atom. The van der Waals surface area contributed by atoms with Gasteiger partial charge in [0.05, 0.1) is 0 Å². The minimum absolute atomic E-state index is 1.23. The molecule has 0 nitrogen and oxygen atoms in total. The van der Waals surface area contributed by atoms with Crippen molar-refractivity contribution in [1.29, 1.82) is 0 Å². The largest absolute Gasteiger partial charge is 0.0622 e. The zero-order chi connectivity index (χ0) is 40.5. The average molecular weight is 781 g/mol. The molecule has 0 amide bonds. The average Bonchev–Trinajstić information content (AvgIpc) is 3.85. The Kier molecular flexibility index (Phi) is 6.92. The van der Waals surface area contributed by atoms with Crippen LogP contribution in [0.2, 0.25) is 0 Å². The Labute approximate surface area is 358 Å². The second-order valence-electron chi connectivity index (χ2n) is 17.1. The standard InChI is InChI=1S/C62H36/c1-3-14-38(15-4-1)56-55-36-54-48-20-10-9-19-47(48)50-22-12-23-51(59(50)54)60(55)57(39-16-5-2-6-17-39)62-52-24-11-21-49-46(31-32-53(58(49)52)61(56)62)45-30-29-43-34-42(27-28-44(43)35-45)41-26-25-37-13-7-8-18-40(37)33-41/h1-36H. The first-order valence-electron chi connectivity index (χ1n) is 21.7. The normalized spacial score (nSPS) is 12.2. The number of fused-ring (bicyclic) bond motifs is 10. The summed E-state index contributed by atoms with van der Waals surface area (Å²) in [6.45, 7) is 0. The van der Waals surface area contributed by atoms with Crippen LogP contribution in [0.1, 0.15) is 0 Å². The Morgan fingerprint density at radius 2 is 0.645 bits per heavy atom. The Balaban J connectivity index is 1.07. The molecule has 0 heteroatoms. The lowest BCUT2D eigenvalue weighted by molar-refractivity contribution is 1.66. The summed E-state index contributed by atoms with van der Waals surface area (Å²) in [6.07, 6.45) is 0. The van der Waals surface area contributed by atoms with Gasteiger partial charge >= 0.3 is 0 Å². The molecule has 0 spiro atoms. The summed E-state index contributed by atoms with van der Waals surface area (Å²) < 4.78 is 0. The van der Waals surface area contributed by atoms with Crippen molar-refractivity contribution in [2.45, 2.75) is 0 Å². The fraction of sp³-hybridized carbons (Fsp3) is 0. The van der Waals surface area contributed by atoms with Crippen molar-refractivity contribution in [3.63, 3.8) is 0 Å². The van der Waals surface area contributed by atoms with Gasteiger partial charge in [0.2, 0.25) is 0 Å². The van der Waals surface area contributed by atoms with Crippen LogP contribution in [0.5, 0.6) is 0 Å². The Hall–Kier alpha value is -8.06. The van der Waals surface area contributed by atoms with Gasteiger partial charge in [0.15, 0.2) is 0 Å². The van der Waals surface area contributed by atoms with E-state index in [4.69, 9.17) is 0 Å². The summed E-state index contributed by atoms with van der Waals surface area (Å²) in [5.41, 5.74) is 10.1. The smallest absolute Gasteiger partial charge is 0.000719 e. The monoisotopic (exact) mass is 780 g/mol. The molecular weight excluding hydrogens is 745 g/mol. The van der Waals surface area contributed by atoms with E-state index in [1.54, 1.807) is 0 Å². The van der Waals surface area contributed by atoms with E-state index in [0.717, 1.165) is 0 Å². The van der Waals surface area contributed by atoms with Crippen molar-refractivity contribution in [2.75, 3.05) is 0 Å². The van der Waals surface area contributed by atoms with Gasteiger partial charge in [0, 0.05) is 0 Å². The SMILES string of the molecule is c1ccc(-c2c3cc4c5ccccc5c5cccc(c3c(-c3ccccc3)c3c6cccc7c(-c8ccc9cc(-c%10ccc%11ccccc%11c%10)ccc9c8)ccc(c23)c76)c54)cc1. The second kappa shape index (κ2) is 12.7. The van der Waals surface area contributed by atoms with Gasteiger partial charge in [0.1, 0.15) is 0 Å². The zero-order valence-corrected chi connectivity index (χ0v) is 33.8. The summed E-state index contributed by atoms with van der Waals surface area (Å²) >= 11 is 0.